The summed E-state index contributed by atoms with van der Waals surface area (Å²) >= 11 is 1.70. The normalized spacial score (nSPS) is 12.2. The standard InChI is InChI=1S/C24H25FN4OS/c1-15(23-16(2)31-17(3)27-23)26-13-19-14-29(22-8-6-5-7-21(22)25)28-24(19)18-9-11-20(30-4)12-10-18/h5-12,14-15,26H,13H2,1-4H3/t15-/m0/s1. The van der Waals surface area contributed by atoms with E-state index in [9.17, 15) is 4.39 Å². The molecule has 0 aliphatic heterocycles. The van der Waals surface area contributed by atoms with Crippen LogP contribution in [0.15, 0.2) is 54.7 Å². The van der Waals surface area contributed by atoms with Crippen LogP contribution in [0.4, 0.5) is 4.39 Å². The molecule has 4 rings (SSSR count). The number of rotatable bonds is 7. The third-order valence-corrected chi connectivity index (χ3v) is 6.10. The highest BCUT2D eigenvalue weighted by Crippen LogP contribution is 2.28. The largest absolute Gasteiger partial charge is 0.497 e. The molecule has 0 aliphatic carbocycles. The molecule has 0 bridgehead atoms. The van der Waals surface area contributed by atoms with Gasteiger partial charge in [0.15, 0.2) is 0 Å². The quantitative estimate of drug-likeness (QED) is 0.409. The lowest BCUT2D eigenvalue weighted by molar-refractivity contribution is 0.415. The molecule has 5 nitrogen and oxygen atoms in total. The summed E-state index contributed by atoms with van der Waals surface area (Å²) in [6, 6.07) is 14.5. The molecule has 2 heterocycles. The van der Waals surface area contributed by atoms with Crippen molar-refractivity contribution in [2.24, 2.45) is 0 Å². The molecule has 0 fully saturated rings. The summed E-state index contributed by atoms with van der Waals surface area (Å²) < 4.78 is 21.3. The molecule has 160 valence electrons. The fraction of sp³-hybridized carbons (Fsp3) is 0.250. The van der Waals surface area contributed by atoms with Crippen molar-refractivity contribution >= 4 is 11.3 Å². The van der Waals surface area contributed by atoms with Crippen LogP contribution in [-0.4, -0.2) is 21.9 Å². The van der Waals surface area contributed by atoms with E-state index >= 15 is 0 Å². The third-order valence-electron chi connectivity index (χ3n) is 5.20. The number of aromatic nitrogens is 3. The molecule has 0 aliphatic rings. The van der Waals surface area contributed by atoms with Gasteiger partial charge in [-0.25, -0.2) is 14.1 Å². The monoisotopic (exact) mass is 436 g/mol. The molecule has 1 N–H and O–H groups in total. The van der Waals surface area contributed by atoms with Crippen molar-refractivity contribution in [1.82, 2.24) is 20.1 Å². The Hall–Kier alpha value is -3.03. The number of hydrogen-bond donors (Lipinski definition) is 1. The Morgan fingerprint density at radius 2 is 1.87 bits per heavy atom. The van der Waals surface area contributed by atoms with Crippen molar-refractivity contribution in [3.63, 3.8) is 0 Å². The number of ether oxygens (including phenoxy) is 1. The lowest BCUT2D eigenvalue weighted by Gasteiger charge is -2.13. The van der Waals surface area contributed by atoms with Crippen molar-refractivity contribution < 1.29 is 9.13 Å². The van der Waals surface area contributed by atoms with Crippen LogP contribution in [0.5, 0.6) is 5.75 Å². The van der Waals surface area contributed by atoms with E-state index in [4.69, 9.17) is 9.84 Å². The molecule has 0 saturated heterocycles. The molecular weight excluding hydrogens is 411 g/mol. The maximum absolute atomic E-state index is 14.4. The summed E-state index contributed by atoms with van der Waals surface area (Å²) in [7, 11) is 1.64. The second kappa shape index (κ2) is 8.99. The van der Waals surface area contributed by atoms with E-state index < -0.39 is 0 Å². The van der Waals surface area contributed by atoms with Crippen LogP contribution in [0, 0.1) is 19.7 Å². The topological polar surface area (TPSA) is 52.0 Å². The highest BCUT2D eigenvalue weighted by Gasteiger charge is 2.17. The van der Waals surface area contributed by atoms with Crippen LogP contribution in [0.3, 0.4) is 0 Å². The Kier molecular flexibility index (Phi) is 6.15. The summed E-state index contributed by atoms with van der Waals surface area (Å²) in [5, 5.41) is 9.34. The lowest BCUT2D eigenvalue weighted by atomic mass is 10.1. The first-order valence-corrected chi connectivity index (χ1v) is 10.9. The third kappa shape index (κ3) is 4.52. The van der Waals surface area contributed by atoms with Gasteiger partial charge in [0, 0.05) is 34.8 Å². The second-order valence-corrected chi connectivity index (χ2v) is 8.81. The molecule has 4 aromatic rings. The number of aryl methyl sites for hydroxylation is 2. The predicted octanol–water partition coefficient (Wildman–Crippen LogP) is 5.61. The van der Waals surface area contributed by atoms with Crippen LogP contribution >= 0.6 is 11.3 Å². The van der Waals surface area contributed by atoms with Crippen molar-refractivity contribution in [3.05, 3.63) is 81.7 Å². The highest BCUT2D eigenvalue weighted by molar-refractivity contribution is 7.11. The first kappa shape index (κ1) is 21.2. The van der Waals surface area contributed by atoms with Gasteiger partial charge in [-0.3, -0.25) is 0 Å². The van der Waals surface area contributed by atoms with E-state index in [0.29, 0.717) is 12.2 Å². The summed E-state index contributed by atoms with van der Waals surface area (Å²) in [6.45, 7) is 6.80. The molecule has 0 spiro atoms. The first-order valence-electron chi connectivity index (χ1n) is 10.1. The van der Waals surface area contributed by atoms with Gasteiger partial charge in [0.2, 0.25) is 0 Å². The van der Waals surface area contributed by atoms with Crippen LogP contribution in [-0.2, 0) is 6.54 Å². The average Bonchev–Trinajstić information content (AvgIpc) is 3.35. The van der Waals surface area contributed by atoms with E-state index in [-0.39, 0.29) is 11.9 Å². The van der Waals surface area contributed by atoms with E-state index in [1.165, 1.54) is 10.9 Å². The van der Waals surface area contributed by atoms with Gasteiger partial charge >= 0.3 is 0 Å². The number of hydrogen-bond acceptors (Lipinski definition) is 5. The maximum atomic E-state index is 14.4. The number of benzene rings is 2. The number of thiazole rings is 1. The Bertz CT molecular complexity index is 1180. The number of para-hydroxylation sites is 1. The van der Waals surface area contributed by atoms with Crippen LogP contribution in [0.2, 0.25) is 0 Å². The van der Waals surface area contributed by atoms with E-state index in [0.717, 1.165) is 33.3 Å². The SMILES string of the molecule is COc1ccc(-c2nn(-c3ccccc3F)cc2CN[C@@H](C)c2nc(C)sc2C)cc1. The van der Waals surface area contributed by atoms with Gasteiger partial charge in [0.25, 0.3) is 0 Å². The molecule has 0 amide bonds. The smallest absolute Gasteiger partial charge is 0.148 e. The fourth-order valence-corrected chi connectivity index (χ4v) is 4.51. The molecule has 2 aromatic carbocycles. The van der Waals surface area contributed by atoms with Gasteiger partial charge in [-0.05, 0) is 57.2 Å². The zero-order chi connectivity index (χ0) is 22.0. The Morgan fingerprint density at radius 3 is 2.52 bits per heavy atom. The van der Waals surface area contributed by atoms with Crippen molar-refractivity contribution in [3.8, 4) is 22.7 Å². The zero-order valence-corrected chi connectivity index (χ0v) is 18.8. The van der Waals surface area contributed by atoms with Gasteiger partial charge in [0.05, 0.1) is 23.5 Å². The Morgan fingerprint density at radius 1 is 1.13 bits per heavy atom. The summed E-state index contributed by atoms with van der Waals surface area (Å²) in [5.74, 6) is 0.465. The minimum absolute atomic E-state index is 0.0884. The number of halogens is 1. The molecule has 1 atom stereocenters. The van der Waals surface area contributed by atoms with Gasteiger partial charge in [-0.2, -0.15) is 5.10 Å². The van der Waals surface area contributed by atoms with Gasteiger partial charge in [-0.15, -0.1) is 11.3 Å². The average molecular weight is 437 g/mol. The maximum Gasteiger partial charge on any atom is 0.148 e. The molecule has 31 heavy (non-hydrogen) atoms. The molecule has 0 unspecified atom stereocenters. The molecule has 7 heteroatoms. The summed E-state index contributed by atoms with van der Waals surface area (Å²) in [5.41, 5.74) is 4.21. The van der Waals surface area contributed by atoms with Crippen LogP contribution in [0.1, 0.15) is 34.1 Å². The Labute approximate surface area is 185 Å². The summed E-state index contributed by atoms with van der Waals surface area (Å²) in [4.78, 5) is 5.88. The minimum Gasteiger partial charge on any atom is -0.497 e. The number of methoxy groups -OCH3 is 1. The van der Waals surface area contributed by atoms with Crippen molar-refractivity contribution in [2.75, 3.05) is 7.11 Å². The predicted molar refractivity (Wildman–Crippen MR) is 122 cm³/mol. The van der Waals surface area contributed by atoms with Crippen molar-refractivity contribution in [2.45, 2.75) is 33.4 Å². The second-order valence-electron chi connectivity index (χ2n) is 7.40. The first-order chi connectivity index (χ1) is 15.0. The van der Waals surface area contributed by atoms with Crippen molar-refractivity contribution in [1.29, 1.82) is 0 Å². The lowest BCUT2D eigenvalue weighted by Crippen LogP contribution is -2.19. The summed E-state index contributed by atoms with van der Waals surface area (Å²) in [6.07, 6.45) is 1.89. The molecule has 0 radical (unpaired) electrons. The number of nitrogens with one attached hydrogen (secondary N) is 1. The van der Waals surface area contributed by atoms with E-state index in [1.807, 2.05) is 37.4 Å². The van der Waals surface area contributed by atoms with Gasteiger partial charge in [0.1, 0.15) is 17.3 Å². The van der Waals surface area contributed by atoms with Crippen LogP contribution < -0.4 is 10.1 Å². The van der Waals surface area contributed by atoms with E-state index in [2.05, 4.69) is 24.1 Å². The van der Waals surface area contributed by atoms with Crippen LogP contribution in [0.25, 0.3) is 16.9 Å². The van der Waals surface area contributed by atoms with Gasteiger partial charge < -0.3 is 10.1 Å². The van der Waals surface area contributed by atoms with Gasteiger partial charge in [-0.1, -0.05) is 12.1 Å². The highest BCUT2D eigenvalue weighted by atomic mass is 32.1. The fourth-order valence-electron chi connectivity index (χ4n) is 3.60. The van der Waals surface area contributed by atoms with E-state index in [1.54, 1.807) is 41.3 Å². The molecule has 0 saturated carbocycles. The minimum atomic E-state index is -0.312. The number of nitrogens with zero attached hydrogens (tertiary/aromatic N) is 3. The zero-order valence-electron chi connectivity index (χ0n) is 18.0. The molecular formula is C24H25FN4OS. The molecule has 2 aromatic heterocycles. The Balaban J connectivity index is 1.67.